The second-order valence-corrected chi connectivity index (χ2v) is 7.42. The van der Waals surface area contributed by atoms with Crippen molar-refractivity contribution in [3.8, 4) is 0 Å². The third-order valence-electron chi connectivity index (χ3n) is 3.71. The van der Waals surface area contributed by atoms with Gasteiger partial charge in [0, 0.05) is 25.8 Å². The van der Waals surface area contributed by atoms with Gasteiger partial charge in [-0.15, -0.1) is 0 Å². The highest BCUT2D eigenvalue weighted by atomic mass is 32.2. The maximum Gasteiger partial charge on any atom is 0.242 e. The van der Waals surface area contributed by atoms with E-state index in [1.54, 1.807) is 12.1 Å². The maximum atomic E-state index is 12.2. The van der Waals surface area contributed by atoms with Crippen LogP contribution in [0.2, 0.25) is 0 Å². The zero-order valence-corrected chi connectivity index (χ0v) is 13.3. The van der Waals surface area contributed by atoms with Crippen LogP contribution in [0.5, 0.6) is 0 Å². The summed E-state index contributed by atoms with van der Waals surface area (Å²) in [7, 11) is -3.49. The second kappa shape index (κ2) is 7.31. The van der Waals surface area contributed by atoms with Crippen LogP contribution in [0.15, 0.2) is 23.2 Å². The average molecular weight is 312 g/mol. The number of likely N-dealkylation sites (tertiary alicyclic amines) is 1. The Morgan fingerprint density at radius 2 is 2.10 bits per heavy atom. The SMILES string of the molecule is CC(CNS(=O)(=O)c1ccc(CN)nc1)CN1CCCC1. The number of pyridine rings is 1. The Morgan fingerprint density at radius 1 is 1.38 bits per heavy atom. The monoisotopic (exact) mass is 312 g/mol. The van der Waals surface area contributed by atoms with E-state index < -0.39 is 10.0 Å². The molecule has 0 aliphatic carbocycles. The lowest BCUT2D eigenvalue weighted by Crippen LogP contribution is -2.34. The molecule has 0 radical (unpaired) electrons. The molecule has 21 heavy (non-hydrogen) atoms. The number of hydrogen-bond acceptors (Lipinski definition) is 5. The molecule has 1 aliphatic rings. The molecule has 1 aliphatic heterocycles. The topological polar surface area (TPSA) is 88.3 Å². The first-order valence-corrected chi connectivity index (χ1v) is 8.86. The molecule has 0 saturated carbocycles. The van der Waals surface area contributed by atoms with Gasteiger partial charge in [0.1, 0.15) is 4.90 Å². The molecule has 1 fully saturated rings. The molecule has 2 heterocycles. The Hall–Kier alpha value is -1.02. The minimum absolute atomic E-state index is 0.188. The minimum Gasteiger partial charge on any atom is -0.325 e. The van der Waals surface area contributed by atoms with Gasteiger partial charge in [0.25, 0.3) is 0 Å². The standard InChI is InChI=1S/C14H24N4O2S/c1-12(11-18-6-2-3-7-18)9-17-21(19,20)14-5-4-13(8-15)16-10-14/h4-5,10,12,17H,2-3,6-9,11,15H2,1H3. The van der Waals surface area contributed by atoms with Crippen molar-refractivity contribution in [2.45, 2.75) is 31.2 Å². The van der Waals surface area contributed by atoms with Crippen molar-refractivity contribution in [3.63, 3.8) is 0 Å². The van der Waals surface area contributed by atoms with Crippen molar-refractivity contribution < 1.29 is 8.42 Å². The van der Waals surface area contributed by atoms with Gasteiger partial charge in [0.2, 0.25) is 10.0 Å². The summed E-state index contributed by atoms with van der Waals surface area (Å²) in [4.78, 5) is 6.59. The average Bonchev–Trinajstić information content (AvgIpc) is 2.98. The lowest BCUT2D eigenvalue weighted by molar-refractivity contribution is 0.288. The van der Waals surface area contributed by atoms with Crippen LogP contribution >= 0.6 is 0 Å². The molecule has 0 aromatic carbocycles. The fourth-order valence-corrected chi connectivity index (χ4v) is 3.61. The lowest BCUT2D eigenvalue weighted by atomic mass is 10.2. The van der Waals surface area contributed by atoms with Crippen LogP contribution < -0.4 is 10.5 Å². The van der Waals surface area contributed by atoms with Gasteiger partial charge in [-0.1, -0.05) is 6.92 Å². The van der Waals surface area contributed by atoms with E-state index in [4.69, 9.17) is 5.73 Å². The number of sulfonamides is 1. The van der Waals surface area contributed by atoms with E-state index in [1.165, 1.54) is 19.0 Å². The largest absolute Gasteiger partial charge is 0.325 e. The van der Waals surface area contributed by atoms with Gasteiger partial charge in [-0.25, -0.2) is 13.1 Å². The first-order valence-electron chi connectivity index (χ1n) is 7.38. The van der Waals surface area contributed by atoms with E-state index in [0.29, 0.717) is 18.8 Å². The van der Waals surface area contributed by atoms with Crippen molar-refractivity contribution in [2.75, 3.05) is 26.2 Å². The Bertz CT molecular complexity index is 539. The van der Waals surface area contributed by atoms with Crippen molar-refractivity contribution in [3.05, 3.63) is 24.0 Å². The summed E-state index contributed by atoms with van der Waals surface area (Å²) >= 11 is 0. The number of nitrogens with zero attached hydrogens (tertiary/aromatic N) is 2. The van der Waals surface area contributed by atoms with Crippen molar-refractivity contribution in [1.82, 2.24) is 14.6 Å². The van der Waals surface area contributed by atoms with Gasteiger partial charge in [0.05, 0.1) is 5.69 Å². The first kappa shape index (κ1) is 16.4. The molecule has 0 amide bonds. The smallest absolute Gasteiger partial charge is 0.242 e. The molecule has 2 rings (SSSR count). The first-order chi connectivity index (χ1) is 10.0. The van der Waals surface area contributed by atoms with Crippen LogP contribution in [-0.2, 0) is 16.6 Å². The van der Waals surface area contributed by atoms with E-state index in [9.17, 15) is 8.42 Å². The minimum atomic E-state index is -3.49. The summed E-state index contributed by atoms with van der Waals surface area (Å²) in [5.74, 6) is 0.286. The molecule has 1 saturated heterocycles. The van der Waals surface area contributed by atoms with E-state index in [1.807, 2.05) is 0 Å². The third-order valence-corrected chi connectivity index (χ3v) is 5.12. The van der Waals surface area contributed by atoms with Gasteiger partial charge < -0.3 is 10.6 Å². The van der Waals surface area contributed by atoms with E-state index in [2.05, 4.69) is 21.5 Å². The number of nitrogens with two attached hydrogens (primary N) is 1. The summed E-state index contributed by atoms with van der Waals surface area (Å²) in [5, 5.41) is 0. The summed E-state index contributed by atoms with van der Waals surface area (Å²) < 4.78 is 27.0. The molecule has 1 unspecified atom stereocenters. The van der Waals surface area contributed by atoms with Crippen LogP contribution in [0.25, 0.3) is 0 Å². The maximum absolute atomic E-state index is 12.2. The van der Waals surface area contributed by atoms with Crippen LogP contribution in [-0.4, -0.2) is 44.5 Å². The summed E-state index contributed by atoms with van der Waals surface area (Å²) in [6, 6.07) is 3.19. The zero-order valence-electron chi connectivity index (χ0n) is 12.5. The van der Waals surface area contributed by atoms with Crippen molar-refractivity contribution in [1.29, 1.82) is 0 Å². The molecular formula is C14H24N4O2S. The molecule has 0 bridgehead atoms. The summed E-state index contributed by atoms with van der Waals surface area (Å²) in [5.41, 5.74) is 6.13. The highest BCUT2D eigenvalue weighted by Crippen LogP contribution is 2.11. The lowest BCUT2D eigenvalue weighted by Gasteiger charge is -2.20. The van der Waals surface area contributed by atoms with E-state index >= 15 is 0 Å². The number of nitrogens with one attached hydrogen (secondary N) is 1. The molecule has 6 nitrogen and oxygen atoms in total. The van der Waals surface area contributed by atoms with Gasteiger partial charge in [-0.3, -0.25) is 4.98 Å². The van der Waals surface area contributed by atoms with Gasteiger partial charge >= 0.3 is 0 Å². The highest BCUT2D eigenvalue weighted by Gasteiger charge is 2.18. The molecule has 7 heteroatoms. The van der Waals surface area contributed by atoms with Gasteiger partial charge in [-0.05, 0) is 44.0 Å². The Morgan fingerprint density at radius 3 is 2.67 bits per heavy atom. The normalized spacial score (nSPS) is 18.0. The molecule has 1 aromatic heterocycles. The van der Waals surface area contributed by atoms with Crippen LogP contribution in [0.1, 0.15) is 25.5 Å². The van der Waals surface area contributed by atoms with Crippen molar-refractivity contribution in [2.24, 2.45) is 11.7 Å². The fraction of sp³-hybridized carbons (Fsp3) is 0.643. The number of aromatic nitrogens is 1. The van der Waals surface area contributed by atoms with Crippen LogP contribution in [0.4, 0.5) is 0 Å². The molecule has 1 atom stereocenters. The fourth-order valence-electron chi connectivity index (χ4n) is 2.50. The predicted octanol–water partition coefficient (Wildman–Crippen LogP) is 0.551. The quantitative estimate of drug-likeness (QED) is 0.767. The van der Waals surface area contributed by atoms with Gasteiger partial charge in [-0.2, -0.15) is 0 Å². The molecule has 3 N–H and O–H groups in total. The predicted molar refractivity (Wildman–Crippen MR) is 82.2 cm³/mol. The highest BCUT2D eigenvalue weighted by molar-refractivity contribution is 7.89. The summed E-state index contributed by atoms with van der Waals surface area (Å²) in [6.07, 6.45) is 3.85. The molecule has 0 spiro atoms. The molecule has 1 aromatic rings. The molecular weight excluding hydrogens is 288 g/mol. The third kappa shape index (κ3) is 4.74. The van der Waals surface area contributed by atoms with Gasteiger partial charge in [0.15, 0.2) is 0 Å². The number of hydrogen-bond donors (Lipinski definition) is 2. The zero-order chi connectivity index (χ0) is 15.3. The van der Waals surface area contributed by atoms with Crippen molar-refractivity contribution >= 4 is 10.0 Å². The van der Waals surface area contributed by atoms with E-state index in [0.717, 1.165) is 19.6 Å². The summed E-state index contributed by atoms with van der Waals surface area (Å²) in [6.45, 7) is 6.00. The van der Waals surface area contributed by atoms with Crippen LogP contribution in [0.3, 0.4) is 0 Å². The van der Waals surface area contributed by atoms with E-state index in [-0.39, 0.29) is 10.8 Å². The Labute approximate surface area is 126 Å². The number of rotatable bonds is 7. The second-order valence-electron chi connectivity index (χ2n) is 5.65. The molecule has 118 valence electrons. The van der Waals surface area contributed by atoms with Crippen LogP contribution in [0, 0.1) is 5.92 Å². The Kier molecular flexibility index (Phi) is 5.69. The Balaban J connectivity index is 1.87.